The number of hydrogen-bond donors (Lipinski definition) is 2. The third kappa shape index (κ3) is 13.3. The molecule has 0 spiro atoms. The van der Waals surface area contributed by atoms with Gasteiger partial charge in [0.2, 0.25) is 6.10 Å². The van der Waals surface area contributed by atoms with E-state index in [1.54, 1.807) is 51.1 Å². The Morgan fingerprint density at radius 3 is 1.83 bits per heavy atom. The molecular weight excluding hydrogens is 624 g/mol. The number of esters is 5. The lowest BCUT2D eigenvalue weighted by atomic mass is 9.96. The molecule has 2 N–H and O–H groups in total. The maximum atomic E-state index is 14.0. The summed E-state index contributed by atoms with van der Waals surface area (Å²) in [5, 5.41) is 5.07. The van der Waals surface area contributed by atoms with Gasteiger partial charge in [-0.25, -0.2) is 4.79 Å². The molecule has 2 amide bonds. The molecule has 1 fully saturated rings. The zero-order valence-corrected chi connectivity index (χ0v) is 27.6. The molecule has 2 rings (SSSR count). The van der Waals surface area contributed by atoms with Crippen LogP contribution in [0.15, 0.2) is 30.3 Å². The fraction of sp³-hybridized carbons (Fsp3) is 0.581. The normalized spacial score (nSPS) is 21.9. The van der Waals surface area contributed by atoms with Crippen molar-refractivity contribution in [1.82, 2.24) is 10.6 Å². The first-order chi connectivity index (χ1) is 21.9. The van der Waals surface area contributed by atoms with Crippen LogP contribution < -0.4 is 10.6 Å². The minimum atomic E-state index is -1.72. The lowest BCUT2D eigenvalue weighted by Gasteiger charge is -2.44. The van der Waals surface area contributed by atoms with E-state index in [9.17, 15) is 33.6 Å². The van der Waals surface area contributed by atoms with Crippen molar-refractivity contribution >= 4 is 41.8 Å². The number of nitrogens with one attached hydrogen (secondary N) is 2. The number of carbonyl (C=O) groups is 7. The molecule has 7 atom stereocenters. The highest BCUT2D eigenvalue weighted by atomic mass is 16.7. The first-order valence-electron chi connectivity index (χ1n) is 14.7. The average Bonchev–Trinajstić information content (AvgIpc) is 2.92. The van der Waals surface area contributed by atoms with Crippen LogP contribution in [-0.4, -0.2) is 96.8 Å². The minimum Gasteiger partial charge on any atom is -0.463 e. The summed E-state index contributed by atoms with van der Waals surface area (Å²) in [5.74, 6) is -5.23. The highest BCUT2D eigenvalue weighted by Crippen LogP contribution is 2.29. The molecule has 0 saturated carbocycles. The Hall–Kier alpha value is -4.73. The molecule has 2 unspecified atom stereocenters. The monoisotopic (exact) mass is 666 g/mol. The second-order valence-corrected chi connectivity index (χ2v) is 11.6. The van der Waals surface area contributed by atoms with E-state index in [1.807, 2.05) is 0 Å². The Balaban J connectivity index is 2.57. The van der Waals surface area contributed by atoms with Gasteiger partial charge < -0.3 is 43.8 Å². The van der Waals surface area contributed by atoms with Crippen molar-refractivity contribution in [2.75, 3.05) is 6.61 Å². The summed E-state index contributed by atoms with van der Waals surface area (Å²) in [6.45, 7) is 9.71. The van der Waals surface area contributed by atoms with Crippen LogP contribution in [-0.2, 0) is 68.3 Å². The maximum Gasteiger partial charge on any atom is 0.408 e. The molecular formula is C31H42N2O14. The molecule has 1 aliphatic rings. The molecule has 1 saturated heterocycles. The zero-order valence-electron chi connectivity index (χ0n) is 27.6. The van der Waals surface area contributed by atoms with E-state index in [-0.39, 0.29) is 6.42 Å². The number of rotatable bonds is 12. The number of carbonyl (C=O) groups excluding carboxylic acids is 7. The Kier molecular flexibility index (Phi) is 14.1. The van der Waals surface area contributed by atoms with Crippen molar-refractivity contribution in [3.8, 4) is 0 Å². The fourth-order valence-electron chi connectivity index (χ4n) is 4.62. The second-order valence-electron chi connectivity index (χ2n) is 11.6. The lowest BCUT2D eigenvalue weighted by molar-refractivity contribution is -0.257. The second kappa shape index (κ2) is 17.3. The van der Waals surface area contributed by atoms with E-state index in [0.717, 1.165) is 34.6 Å². The first-order valence-corrected chi connectivity index (χ1v) is 14.7. The van der Waals surface area contributed by atoms with Crippen LogP contribution in [0, 0.1) is 0 Å². The number of amides is 2. The topological polar surface area (TPSA) is 208 Å². The third-order valence-electron chi connectivity index (χ3n) is 6.19. The Bertz CT molecular complexity index is 1290. The van der Waals surface area contributed by atoms with Gasteiger partial charge >= 0.3 is 35.9 Å². The molecule has 0 aromatic heterocycles. The van der Waals surface area contributed by atoms with Gasteiger partial charge in [-0.2, -0.15) is 0 Å². The van der Waals surface area contributed by atoms with Crippen LogP contribution in [0.25, 0.3) is 0 Å². The molecule has 16 nitrogen and oxygen atoms in total. The van der Waals surface area contributed by atoms with Crippen LogP contribution >= 0.6 is 0 Å². The highest BCUT2D eigenvalue weighted by Gasteiger charge is 2.53. The molecule has 260 valence electrons. The van der Waals surface area contributed by atoms with Gasteiger partial charge in [-0.3, -0.25) is 28.8 Å². The Labute approximate surface area is 272 Å². The van der Waals surface area contributed by atoms with Crippen molar-refractivity contribution < 1.29 is 66.7 Å². The highest BCUT2D eigenvalue weighted by molar-refractivity contribution is 5.85. The van der Waals surface area contributed by atoms with Gasteiger partial charge in [-0.1, -0.05) is 30.3 Å². The summed E-state index contributed by atoms with van der Waals surface area (Å²) in [5.41, 5.74) is -0.250. The van der Waals surface area contributed by atoms with Gasteiger partial charge in [-0.05, 0) is 32.8 Å². The predicted octanol–water partition coefficient (Wildman–Crippen LogP) is 1.25. The van der Waals surface area contributed by atoms with E-state index in [0.29, 0.717) is 5.56 Å². The maximum absolute atomic E-state index is 14.0. The smallest absolute Gasteiger partial charge is 0.408 e. The Morgan fingerprint density at radius 1 is 0.766 bits per heavy atom. The van der Waals surface area contributed by atoms with E-state index in [4.69, 9.17) is 33.2 Å². The summed E-state index contributed by atoms with van der Waals surface area (Å²) >= 11 is 0. The van der Waals surface area contributed by atoms with Gasteiger partial charge in [0.1, 0.15) is 18.3 Å². The van der Waals surface area contributed by atoms with Crippen LogP contribution in [0.4, 0.5) is 4.79 Å². The van der Waals surface area contributed by atoms with Gasteiger partial charge in [0.05, 0.1) is 6.04 Å². The molecule has 1 aromatic rings. The molecule has 47 heavy (non-hydrogen) atoms. The third-order valence-corrected chi connectivity index (χ3v) is 6.19. The first kappa shape index (κ1) is 38.5. The van der Waals surface area contributed by atoms with Gasteiger partial charge in [0, 0.05) is 34.6 Å². The summed E-state index contributed by atoms with van der Waals surface area (Å²) in [6, 6.07) is 7.48. The molecule has 0 bridgehead atoms. The fourth-order valence-corrected chi connectivity index (χ4v) is 4.62. The molecule has 1 aliphatic heterocycles. The Morgan fingerprint density at radius 2 is 1.32 bits per heavy atom. The molecule has 0 aliphatic carbocycles. The summed E-state index contributed by atoms with van der Waals surface area (Å²) in [7, 11) is 0. The number of alkyl carbamates (subject to hydrolysis) is 1. The number of hydrogen-bond acceptors (Lipinski definition) is 14. The lowest BCUT2D eigenvalue weighted by Crippen LogP contribution is -2.67. The van der Waals surface area contributed by atoms with Crippen molar-refractivity contribution in [2.45, 2.75) is 110 Å². The van der Waals surface area contributed by atoms with Crippen LogP contribution in [0.3, 0.4) is 0 Å². The van der Waals surface area contributed by atoms with E-state index in [2.05, 4.69) is 10.6 Å². The molecule has 0 radical (unpaired) electrons. The molecule has 1 heterocycles. The van der Waals surface area contributed by atoms with Gasteiger partial charge in [-0.15, -0.1) is 0 Å². The largest absolute Gasteiger partial charge is 0.463 e. The van der Waals surface area contributed by atoms with E-state index >= 15 is 0 Å². The number of benzene rings is 1. The number of ether oxygens (including phenoxy) is 7. The molecule has 1 aromatic carbocycles. The van der Waals surface area contributed by atoms with Crippen LogP contribution in [0.5, 0.6) is 0 Å². The van der Waals surface area contributed by atoms with Crippen LogP contribution in [0.2, 0.25) is 0 Å². The van der Waals surface area contributed by atoms with Gasteiger partial charge in [0.15, 0.2) is 24.5 Å². The van der Waals surface area contributed by atoms with E-state index in [1.165, 1.54) is 0 Å². The van der Waals surface area contributed by atoms with Crippen molar-refractivity contribution in [1.29, 1.82) is 0 Å². The van der Waals surface area contributed by atoms with Crippen LogP contribution in [0.1, 0.15) is 61.0 Å². The van der Waals surface area contributed by atoms with E-state index < -0.39 is 96.8 Å². The summed E-state index contributed by atoms with van der Waals surface area (Å²) in [6.07, 6.45) is -10.3. The standard InChI is InChI=1S/C31H42N2O14/c1-16(34)41-15-23-25(43-18(3)36)26(44-19(4)37)27(45-20(5)38)29(46-23)33-28(39)24(42-17(2)35)22(14-21-12-10-9-11-13-21)32-30(40)47-31(6,7)8/h9-13,22-27,29H,14-15H2,1-8H3,(H,32,40)(H,33,39)/t22?,23-,24?,25-,26+,27-,29-/m1/s1. The van der Waals surface area contributed by atoms with Crippen molar-refractivity contribution in [3.63, 3.8) is 0 Å². The predicted molar refractivity (Wildman–Crippen MR) is 159 cm³/mol. The van der Waals surface area contributed by atoms with Crippen molar-refractivity contribution in [3.05, 3.63) is 35.9 Å². The zero-order chi connectivity index (χ0) is 35.5. The SMILES string of the molecule is CC(=O)OC[C@H]1O[C@@H](NC(=O)C(OC(C)=O)C(Cc2ccccc2)NC(=O)OC(C)(C)C)[C@H](OC(C)=O)[C@@H](OC(C)=O)[C@@H]1OC(C)=O. The van der Waals surface area contributed by atoms with Crippen molar-refractivity contribution in [2.24, 2.45) is 0 Å². The minimum absolute atomic E-state index is 0.00990. The summed E-state index contributed by atoms with van der Waals surface area (Å²) < 4.78 is 37.9. The average molecular weight is 667 g/mol. The molecule has 16 heteroatoms. The quantitative estimate of drug-likeness (QED) is 0.238. The van der Waals surface area contributed by atoms with Gasteiger partial charge in [0.25, 0.3) is 5.91 Å². The summed E-state index contributed by atoms with van der Waals surface area (Å²) in [4.78, 5) is 87.0.